The Morgan fingerprint density at radius 1 is 1.57 bits per heavy atom. The Kier molecular flexibility index (Phi) is 2.17. The molecule has 2 heterocycles. The zero-order valence-corrected chi connectivity index (χ0v) is 7.35. The van der Waals surface area contributed by atoms with Crippen molar-refractivity contribution in [1.29, 1.82) is 0 Å². The summed E-state index contributed by atoms with van der Waals surface area (Å²) in [5, 5.41) is 9.23. The number of amides is 1. The lowest BCUT2D eigenvalue weighted by atomic mass is 10.3. The first-order chi connectivity index (χ1) is 6.66. The summed E-state index contributed by atoms with van der Waals surface area (Å²) in [5.74, 6) is -0.744. The number of β-amino-alcohol motifs (C(OH)–C–C–N with tert-alkyl or cyclic N) is 1. The van der Waals surface area contributed by atoms with Crippen molar-refractivity contribution in [2.45, 2.75) is 12.5 Å². The molecule has 1 aromatic heterocycles. The second-order valence-corrected chi connectivity index (χ2v) is 3.20. The van der Waals surface area contributed by atoms with E-state index in [1.165, 1.54) is 23.2 Å². The van der Waals surface area contributed by atoms with Gasteiger partial charge in [0, 0.05) is 0 Å². The van der Waals surface area contributed by atoms with E-state index in [1.807, 2.05) is 0 Å². The number of pyridine rings is 1. The van der Waals surface area contributed by atoms with Crippen molar-refractivity contribution >= 4 is 11.6 Å². The van der Waals surface area contributed by atoms with Crippen molar-refractivity contribution < 1.29 is 14.3 Å². The average Bonchev–Trinajstić information content (AvgIpc) is 2.47. The Hall–Kier alpha value is -1.49. The number of aromatic nitrogens is 1. The van der Waals surface area contributed by atoms with E-state index in [-0.39, 0.29) is 18.9 Å². The van der Waals surface area contributed by atoms with Crippen LogP contribution in [0.4, 0.5) is 10.1 Å². The Bertz CT molecular complexity index is 352. The van der Waals surface area contributed by atoms with Gasteiger partial charge in [-0.3, -0.25) is 4.79 Å². The first-order valence-corrected chi connectivity index (χ1v) is 4.27. The van der Waals surface area contributed by atoms with Crippen molar-refractivity contribution in [3.05, 3.63) is 24.3 Å². The summed E-state index contributed by atoms with van der Waals surface area (Å²) in [6.07, 6.45) is 0.774. The van der Waals surface area contributed by atoms with Crippen LogP contribution in [-0.4, -0.2) is 28.6 Å². The highest BCUT2D eigenvalue weighted by atomic mass is 19.1. The zero-order valence-electron chi connectivity index (χ0n) is 7.35. The molecule has 1 aliphatic rings. The molecule has 1 fully saturated rings. The van der Waals surface area contributed by atoms with Gasteiger partial charge in [0.15, 0.2) is 0 Å². The number of aliphatic hydroxyl groups excluding tert-OH is 1. The minimum atomic E-state index is -0.632. The molecule has 2 rings (SSSR count). The van der Waals surface area contributed by atoms with Crippen LogP contribution in [0.3, 0.4) is 0 Å². The highest BCUT2D eigenvalue weighted by Crippen LogP contribution is 2.20. The third-order valence-electron chi connectivity index (χ3n) is 2.13. The van der Waals surface area contributed by atoms with Gasteiger partial charge in [-0.1, -0.05) is 0 Å². The lowest BCUT2D eigenvalue weighted by Gasteiger charge is -2.14. The Morgan fingerprint density at radius 3 is 2.86 bits per heavy atom. The fraction of sp³-hybridized carbons (Fsp3) is 0.333. The highest BCUT2D eigenvalue weighted by molar-refractivity contribution is 5.95. The largest absolute Gasteiger partial charge is 0.391 e. The van der Waals surface area contributed by atoms with Crippen LogP contribution < -0.4 is 4.90 Å². The predicted octanol–water partition coefficient (Wildman–Crippen LogP) is 0.318. The van der Waals surface area contributed by atoms with E-state index in [1.54, 1.807) is 0 Å². The van der Waals surface area contributed by atoms with Crippen molar-refractivity contribution in [3.8, 4) is 0 Å². The molecule has 0 aromatic carbocycles. The standard InChI is InChI=1S/C9H9FN2O2/c10-8-2-1-6(4-11-8)12-5-7(13)3-9(12)14/h1-2,4,7,13H,3,5H2. The number of carbonyl (C=O) groups excluding carboxylic acids is 1. The van der Waals surface area contributed by atoms with Gasteiger partial charge in [0.05, 0.1) is 31.0 Å². The van der Waals surface area contributed by atoms with Crippen LogP contribution in [0.2, 0.25) is 0 Å². The fourth-order valence-electron chi connectivity index (χ4n) is 1.47. The van der Waals surface area contributed by atoms with Gasteiger partial charge in [0.25, 0.3) is 0 Å². The second-order valence-electron chi connectivity index (χ2n) is 3.20. The number of aliphatic hydroxyl groups is 1. The molecule has 1 aliphatic heterocycles. The Balaban J connectivity index is 2.23. The molecule has 1 N–H and O–H groups in total. The number of nitrogens with zero attached hydrogens (tertiary/aromatic N) is 2. The van der Waals surface area contributed by atoms with Crippen molar-refractivity contribution in [2.24, 2.45) is 0 Å². The number of rotatable bonds is 1. The Morgan fingerprint density at radius 2 is 2.36 bits per heavy atom. The molecule has 14 heavy (non-hydrogen) atoms. The van der Waals surface area contributed by atoms with E-state index in [0.717, 1.165) is 0 Å². The van der Waals surface area contributed by atoms with Crippen LogP contribution in [-0.2, 0) is 4.79 Å². The average molecular weight is 196 g/mol. The molecule has 1 unspecified atom stereocenters. The van der Waals surface area contributed by atoms with Gasteiger partial charge in [-0.2, -0.15) is 4.39 Å². The lowest BCUT2D eigenvalue weighted by molar-refractivity contribution is -0.117. The lowest BCUT2D eigenvalue weighted by Crippen LogP contribution is -2.25. The minimum absolute atomic E-state index is 0.122. The SMILES string of the molecule is O=C1CC(O)CN1c1ccc(F)nc1. The third-order valence-corrected chi connectivity index (χ3v) is 2.13. The molecule has 0 aliphatic carbocycles. The number of carbonyl (C=O) groups is 1. The predicted molar refractivity (Wildman–Crippen MR) is 47.2 cm³/mol. The van der Waals surface area contributed by atoms with Crippen molar-refractivity contribution in [2.75, 3.05) is 11.4 Å². The molecule has 1 amide bonds. The van der Waals surface area contributed by atoms with Gasteiger partial charge in [0.2, 0.25) is 11.9 Å². The molecule has 1 atom stereocenters. The molecule has 1 aromatic rings. The van der Waals surface area contributed by atoms with E-state index in [2.05, 4.69) is 4.98 Å². The van der Waals surface area contributed by atoms with Gasteiger partial charge in [-0.25, -0.2) is 4.98 Å². The van der Waals surface area contributed by atoms with E-state index in [0.29, 0.717) is 5.69 Å². The normalized spacial score (nSPS) is 21.7. The molecule has 0 spiro atoms. The van der Waals surface area contributed by atoms with E-state index in [9.17, 15) is 14.3 Å². The summed E-state index contributed by atoms with van der Waals surface area (Å²) >= 11 is 0. The summed E-state index contributed by atoms with van der Waals surface area (Å²) in [4.78, 5) is 16.2. The highest BCUT2D eigenvalue weighted by Gasteiger charge is 2.29. The summed E-state index contributed by atoms with van der Waals surface area (Å²) in [6, 6.07) is 2.66. The maximum absolute atomic E-state index is 12.5. The van der Waals surface area contributed by atoms with E-state index in [4.69, 9.17) is 0 Å². The molecule has 0 saturated carbocycles. The number of hydrogen-bond acceptors (Lipinski definition) is 3. The van der Waals surface area contributed by atoms with Crippen LogP contribution >= 0.6 is 0 Å². The van der Waals surface area contributed by atoms with Crippen molar-refractivity contribution in [3.63, 3.8) is 0 Å². The molecule has 0 bridgehead atoms. The summed E-state index contributed by atoms with van der Waals surface area (Å²) < 4.78 is 12.5. The molecular formula is C9H9FN2O2. The van der Waals surface area contributed by atoms with Gasteiger partial charge in [-0.15, -0.1) is 0 Å². The summed E-state index contributed by atoms with van der Waals surface area (Å²) in [7, 11) is 0. The first-order valence-electron chi connectivity index (χ1n) is 4.27. The second kappa shape index (κ2) is 3.34. The molecule has 0 radical (unpaired) electrons. The Labute approximate surface area is 80.0 Å². The molecule has 1 saturated heterocycles. The summed E-state index contributed by atoms with van der Waals surface area (Å²) in [5.41, 5.74) is 0.521. The third kappa shape index (κ3) is 1.58. The maximum atomic E-state index is 12.5. The zero-order chi connectivity index (χ0) is 10.1. The monoisotopic (exact) mass is 196 g/mol. The van der Waals surface area contributed by atoms with Crippen LogP contribution in [0, 0.1) is 5.95 Å². The van der Waals surface area contributed by atoms with E-state index < -0.39 is 12.1 Å². The quantitative estimate of drug-likeness (QED) is 0.658. The first kappa shape index (κ1) is 9.08. The maximum Gasteiger partial charge on any atom is 0.229 e. The van der Waals surface area contributed by atoms with Crippen LogP contribution in [0.1, 0.15) is 6.42 Å². The smallest absolute Gasteiger partial charge is 0.229 e. The number of halogens is 1. The topological polar surface area (TPSA) is 53.4 Å². The van der Waals surface area contributed by atoms with E-state index >= 15 is 0 Å². The minimum Gasteiger partial charge on any atom is -0.391 e. The van der Waals surface area contributed by atoms with Gasteiger partial charge < -0.3 is 10.0 Å². The summed E-state index contributed by atoms with van der Waals surface area (Å²) in [6.45, 7) is 0.256. The van der Waals surface area contributed by atoms with Gasteiger partial charge in [0.1, 0.15) is 0 Å². The molecule has 5 heteroatoms. The van der Waals surface area contributed by atoms with Crippen LogP contribution in [0.5, 0.6) is 0 Å². The van der Waals surface area contributed by atoms with Crippen molar-refractivity contribution in [1.82, 2.24) is 4.98 Å². The van der Waals surface area contributed by atoms with Crippen LogP contribution in [0.15, 0.2) is 18.3 Å². The number of anilines is 1. The fourth-order valence-corrected chi connectivity index (χ4v) is 1.47. The van der Waals surface area contributed by atoms with Gasteiger partial charge >= 0.3 is 0 Å². The molecule has 74 valence electrons. The molecule has 4 nitrogen and oxygen atoms in total. The molecular weight excluding hydrogens is 187 g/mol. The van der Waals surface area contributed by atoms with Gasteiger partial charge in [-0.05, 0) is 12.1 Å². The number of hydrogen-bond donors (Lipinski definition) is 1. The van der Waals surface area contributed by atoms with Crippen LogP contribution in [0.25, 0.3) is 0 Å².